The highest BCUT2D eigenvalue weighted by molar-refractivity contribution is 5.90. The molecule has 0 aliphatic rings. The SMILES string of the molecule is CC(=O)Nc1ccc(C)c(C(=O)O)n1. The van der Waals surface area contributed by atoms with Gasteiger partial charge in [-0.05, 0) is 18.6 Å². The van der Waals surface area contributed by atoms with Gasteiger partial charge in [-0.2, -0.15) is 0 Å². The fourth-order valence-corrected chi connectivity index (χ4v) is 0.995. The largest absolute Gasteiger partial charge is 0.477 e. The van der Waals surface area contributed by atoms with Crippen LogP contribution in [0.25, 0.3) is 0 Å². The van der Waals surface area contributed by atoms with Gasteiger partial charge in [-0.1, -0.05) is 6.07 Å². The first-order chi connectivity index (χ1) is 6.50. The first-order valence-electron chi connectivity index (χ1n) is 3.99. The third-order valence-electron chi connectivity index (χ3n) is 1.60. The van der Waals surface area contributed by atoms with Crippen molar-refractivity contribution in [1.29, 1.82) is 0 Å². The number of aromatic carboxylic acids is 1. The summed E-state index contributed by atoms with van der Waals surface area (Å²) >= 11 is 0. The molecule has 0 saturated heterocycles. The molecule has 0 atom stereocenters. The summed E-state index contributed by atoms with van der Waals surface area (Å²) in [6.45, 7) is 2.98. The Bertz CT molecular complexity index is 388. The van der Waals surface area contributed by atoms with Crippen molar-refractivity contribution in [2.75, 3.05) is 5.32 Å². The molecule has 0 saturated carbocycles. The number of carboxylic acids is 1. The molecule has 1 aromatic rings. The normalized spacial score (nSPS) is 9.57. The minimum atomic E-state index is -1.10. The number of aromatic nitrogens is 1. The van der Waals surface area contributed by atoms with Crippen molar-refractivity contribution in [3.8, 4) is 0 Å². The Hall–Kier alpha value is -1.91. The molecule has 2 N–H and O–H groups in total. The summed E-state index contributed by atoms with van der Waals surface area (Å²) in [6.07, 6.45) is 0. The van der Waals surface area contributed by atoms with Gasteiger partial charge in [0.2, 0.25) is 5.91 Å². The maximum atomic E-state index is 10.7. The Labute approximate surface area is 80.8 Å². The van der Waals surface area contributed by atoms with Gasteiger partial charge in [0.05, 0.1) is 0 Å². The van der Waals surface area contributed by atoms with Gasteiger partial charge in [-0.15, -0.1) is 0 Å². The van der Waals surface area contributed by atoms with E-state index in [2.05, 4.69) is 10.3 Å². The molecule has 0 unspecified atom stereocenters. The minimum absolute atomic E-state index is 0.0451. The topological polar surface area (TPSA) is 79.3 Å². The van der Waals surface area contributed by atoms with Crippen molar-refractivity contribution in [2.24, 2.45) is 0 Å². The molecule has 5 nitrogen and oxygen atoms in total. The molecule has 0 aliphatic heterocycles. The molecule has 0 fully saturated rings. The third-order valence-corrected chi connectivity index (χ3v) is 1.60. The summed E-state index contributed by atoms with van der Waals surface area (Å²) in [7, 11) is 0. The van der Waals surface area contributed by atoms with E-state index in [1.54, 1.807) is 19.1 Å². The van der Waals surface area contributed by atoms with Gasteiger partial charge >= 0.3 is 5.97 Å². The second kappa shape index (κ2) is 3.87. The number of carbonyl (C=O) groups is 2. The summed E-state index contributed by atoms with van der Waals surface area (Å²) in [5, 5.41) is 11.2. The second-order valence-corrected chi connectivity index (χ2v) is 2.85. The van der Waals surface area contributed by atoms with Crippen LogP contribution in [0.15, 0.2) is 12.1 Å². The van der Waals surface area contributed by atoms with Gasteiger partial charge in [-0.3, -0.25) is 4.79 Å². The Morgan fingerprint density at radius 2 is 2.07 bits per heavy atom. The van der Waals surface area contributed by atoms with Crippen LogP contribution in [-0.4, -0.2) is 22.0 Å². The van der Waals surface area contributed by atoms with Crippen molar-refractivity contribution < 1.29 is 14.7 Å². The Balaban J connectivity index is 3.06. The zero-order valence-electron chi connectivity index (χ0n) is 7.87. The Morgan fingerprint density at radius 1 is 1.43 bits per heavy atom. The fourth-order valence-electron chi connectivity index (χ4n) is 0.995. The predicted octanol–water partition coefficient (Wildman–Crippen LogP) is 1.05. The van der Waals surface area contributed by atoms with Crippen molar-refractivity contribution in [2.45, 2.75) is 13.8 Å². The number of nitrogens with zero attached hydrogens (tertiary/aromatic N) is 1. The maximum Gasteiger partial charge on any atom is 0.354 e. The van der Waals surface area contributed by atoms with Gasteiger partial charge < -0.3 is 10.4 Å². The maximum absolute atomic E-state index is 10.7. The molecular weight excluding hydrogens is 184 g/mol. The molecule has 1 rings (SSSR count). The smallest absolute Gasteiger partial charge is 0.354 e. The molecule has 74 valence electrons. The Morgan fingerprint density at radius 3 is 2.57 bits per heavy atom. The minimum Gasteiger partial charge on any atom is -0.477 e. The second-order valence-electron chi connectivity index (χ2n) is 2.85. The lowest BCUT2D eigenvalue weighted by Crippen LogP contribution is -2.11. The van der Waals surface area contributed by atoms with E-state index in [0.717, 1.165) is 0 Å². The van der Waals surface area contributed by atoms with E-state index in [1.807, 2.05) is 0 Å². The standard InChI is InChI=1S/C9H10N2O3/c1-5-3-4-7(10-6(2)12)11-8(5)9(13)14/h3-4H,1-2H3,(H,13,14)(H,10,11,12). The Kier molecular flexibility index (Phi) is 2.81. The molecule has 0 aliphatic carbocycles. The van der Waals surface area contributed by atoms with Crippen LogP contribution in [0, 0.1) is 6.92 Å². The summed E-state index contributed by atoms with van der Waals surface area (Å²) in [6, 6.07) is 3.16. The van der Waals surface area contributed by atoms with Crippen molar-refractivity contribution in [3.63, 3.8) is 0 Å². The molecular formula is C9H10N2O3. The number of pyridine rings is 1. The molecule has 5 heteroatoms. The number of rotatable bonds is 2. The molecule has 0 radical (unpaired) electrons. The lowest BCUT2D eigenvalue weighted by atomic mass is 10.2. The van der Waals surface area contributed by atoms with Gasteiger partial charge in [0.15, 0.2) is 5.69 Å². The van der Waals surface area contributed by atoms with E-state index in [0.29, 0.717) is 5.56 Å². The average molecular weight is 194 g/mol. The predicted molar refractivity (Wildman–Crippen MR) is 50.2 cm³/mol. The zero-order chi connectivity index (χ0) is 10.7. The highest BCUT2D eigenvalue weighted by atomic mass is 16.4. The average Bonchev–Trinajstić information content (AvgIpc) is 2.07. The third kappa shape index (κ3) is 2.29. The van der Waals surface area contributed by atoms with E-state index in [4.69, 9.17) is 5.11 Å². The summed E-state index contributed by atoms with van der Waals surface area (Å²) in [5.41, 5.74) is 0.517. The summed E-state index contributed by atoms with van der Waals surface area (Å²) in [5.74, 6) is -1.13. The van der Waals surface area contributed by atoms with E-state index >= 15 is 0 Å². The number of hydrogen-bond donors (Lipinski definition) is 2. The first kappa shape index (κ1) is 10.2. The number of hydrogen-bond acceptors (Lipinski definition) is 3. The monoisotopic (exact) mass is 194 g/mol. The number of nitrogens with one attached hydrogen (secondary N) is 1. The highest BCUT2D eigenvalue weighted by Gasteiger charge is 2.09. The van der Waals surface area contributed by atoms with Crippen LogP contribution >= 0.6 is 0 Å². The zero-order valence-corrected chi connectivity index (χ0v) is 7.87. The highest BCUT2D eigenvalue weighted by Crippen LogP contribution is 2.10. The van der Waals surface area contributed by atoms with E-state index < -0.39 is 5.97 Å². The van der Waals surface area contributed by atoms with Crippen LogP contribution in [0.1, 0.15) is 23.0 Å². The summed E-state index contributed by atoms with van der Waals surface area (Å²) < 4.78 is 0. The van der Waals surface area contributed by atoms with Crippen LogP contribution < -0.4 is 5.32 Å². The quantitative estimate of drug-likeness (QED) is 0.737. The number of aryl methyl sites for hydroxylation is 1. The lowest BCUT2D eigenvalue weighted by Gasteiger charge is -2.04. The van der Waals surface area contributed by atoms with Crippen LogP contribution in [0.5, 0.6) is 0 Å². The van der Waals surface area contributed by atoms with Crippen molar-refractivity contribution >= 4 is 17.7 Å². The van der Waals surface area contributed by atoms with E-state index in [9.17, 15) is 9.59 Å². The molecule has 1 aromatic heterocycles. The molecule has 0 bridgehead atoms. The van der Waals surface area contributed by atoms with Gasteiger partial charge in [0.1, 0.15) is 5.82 Å². The molecule has 14 heavy (non-hydrogen) atoms. The lowest BCUT2D eigenvalue weighted by molar-refractivity contribution is -0.114. The number of carbonyl (C=O) groups excluding carboxylic acids is 1. The van der Waals surface area contributed by atoms with Crippen molar-refractivity contribution in [1.82, 2.24) is 4.98 Å². The van der Waals surface area contributed by atoms with Crippen LogP contribution in [-0.2, 0) is 4.79 Å². The molecule has 0 aromatic carbocycles. The van der Waals surface area contributed by atoms with Gasteiger partial charge in [0, 0.05) is 6.92 Å². The number of amides is 1. The van der Waals surface area contributed by atoms with E-state index in [1.165, 1.54) is 6.92 Å². The number of anilines is 1. The molecule has 0 spiro atoms. The van der Waals surface area contributed by atoms with Crippen LogP contribution in [0.3, 0.4) is 0 Å². The van der Waals surface area contributed by atoms with Crippen LogP contribution in [0.4, 0.5) is 5.82 Å². The molecule has 1 heterocycles. The van der Waals surface area contributed by atoms with Crippen molar-refractivity contribution in [3.05, 3.63) is 23.4 Å². The van der Waals surface area contributed by atoms with E-state index in [-0.39, 0.29) is 17.4 Å². The first-order valence-corrected chi connectivity index (χ1v) is 3.99. The molecule has 1 amide bonds. The number of carboxylic acid groups (broad SMARTS) is 1. The summed E-state index contributed by atoms with van der Waals surface area (Å²) in [4.78, 5) is 25.1. The fraction of sp³-hybridized carbons (Fsp3) is 0.222. The van der Waals surface area contributed by atoms with Gasteiger partial charge in [-0.25, -0.2) is 9.78 Å². The van der Waals surface area contributed by atoms with Gasteiger partial charge in [0.25, 0.3) is 0 Å². The van der Waals surface area contributed by atoms with Crippen LogP contribution in [0.2, 0.25) is 0 Å².